The summed E-state index contributed by atoms with van der Waals surface area (Å²) in [6.07, 6.45) is 6.03. The summed E-state index contributed by atoms with van der Waals surface area (Å²) in [5.41, 5.74) is -0.211. The van der Waals surface area contributed by atoms with E-state index in [1.54, 1.807) is 23.1 Å². The van der Waals surface area contributed by atoms with Gasteiger partial charge in [0, 0.05) is 31.0 Å². The number of hydrogen-bond acceptors (Lipinski definition) is 7. The first kappa shape index (κ1) is 23.4. The van der Waals surface area contributed by atoms with Gasteiger partial charge in [-0.05, 0) is 48.6 Å². The van der Waals surface area contributed by atoms with E-state index in [0.29, 0.717) is 48.4 Å². The Morgan fingerprint density at radius 2 is 1.88 bits per heavy atom. The average molecular weight is 506 g/mol. The highest BCUT2D eigenvalue weighted by molar-refractivity contribution is 7.90. The standard InChI is InChI=1S/C24H28ClN3O5S/c25-17-9-10-19(16-5-2-1-3-6-16)20(13-17)33-24(11-12-24)23(30)27-34(31,32)22-8-4-7-21(26-22)28-14-18(29)15-28/h4,7-10,13,16,18,29H,1-3,5-6,11-12,14-15H2,(H,27,30). The van der Waals surface area contributed by atoms with E-state index < -0.39 is 27.6 Å². The van der Waals surface area contributed by atoms with Crippen LogP contribution in [0.1, 0.15) is 56.4 Å². The van der Waals surface area contributed by atoms with Crippen molar-refractivity contribution in [3.05, 3.63) is 47.0 Å². The fourth-order valence-electron chi connectivity index (χ4n) is 4.69. The van der Waals surface area contributed by atoms with Crippen molar-refractivity contribution in [1.82, 2.24) is 9.71 Å². The lowest BCUT2D eigenvalue weighted by molar-refractivity contribution is -0.128. The molecule has 0 spiro atoms. The minimum absolute atomic E-state index is 0.249. The molecule has 2 aromatic rings. The largest absolute Gasteiger partial charge is 0.477 e. The molecule has 3 aliphatic rings. The Balaban J connectivity index is 1.33. The second-order valence-corrected chi connectivity index (χ2v) is 11.5. The molecule has 1 aromatic carbocycles. The Bertz CT molecular complexity index is 1190. The van der Waals surface area contributed by atoms with E-state index in [1.165, 1.54) is 12.5 Å². The lowest BCUT2D eigenvalue weighted by atomic mass is 9.83. The number of carbonyl (C=O) groups excluding carboxylic acids is 1. The van der Waals surface area contributed by atoms with Crippen molar-refractivity contribution in [3.63, 3.8) is 0 Å². The monoisotopic (exact) mass is 505 g/mol. The van der Waals surface area contributed by atoms with Gasteiger partial charge in [-0.2, -0.15) is 8.42 Å². The predicted octanol–water partition coefficient (Wildman–Crippen LogP) is 3.38. The Morgan fingerprint density at radius 1 is 1.15 bits per heavy atom. The van der Waals surface area contributed by atoms with Crippen LogP contribution >= 0.6 is 11.6 Å². The number of anilines is 1. The van der Waals surface area contributed by atoms with Crippen LogP contribution in [0.3, 0.4) is 0 Å². The smallest absolute Gasteiger partial charge is 0.281 e. The number of hydrogen-bond donors (Lipinski definition) is 2. The number of nitrogens with zero attached hydrogens (tertiary/aromatic N) is 2. The maximum Gasteiger partial charge on any atom is 0.281 e. The topological polar surface area (TPSA) is 109 Å². The number of ether oxygens (including phenoxy) is 1. The Labute approximate surface area is 204 Å². The minimum atomic E-state index is -4.19. The molecular formula is C24H28ClN3O5S. The van der Waals surface area contributed by atoms with Crippen LogP contribution in [0.4, 0.5) is 5.82 Å². The fraction of sp³-hybridized carbons (Fsp3) is 0.500. The van der Waals surface area contributed by atoms with Crippen LogP contribution in [0.25, 0.3) is 0 Å². The lowest BCUT2D eigenvalue weighted by Gasteiger charge is -2.36. The third-order valence-electron chi connectivity index (χ3n) is 6.84. The maximum absolute atomic E-state index is 13.1. The lowest BCUT2D eigenvalue weighted by Crippen LogP contribution is -2.51. The van der Waals surface area contributed by atoms with Gasteiger partial charge in [0.1, 0.15) is 11.6 Å². The summed E-state index contributed by atoms with van der Waals surface area (Å²) in [6.45, 7) is 0.783. The first-order valence-electron chi connectivity index (χ1n) is 11.7. The molecule has 2 aliphatic carbocycles. The van der Waals surface area contributed by atoms with E-state index >= 15 is 0 Å². The van der Waals surface area contributed by atoms with Crippen LogP contribution in [0.15, 0.2) is 41.4 Å². The number of aliphatic hydroxyl groups is 1. The first-order chi connectivity index (χ1) is 16.3. The second-order valence-electron chi connectivity index (χ2n) is 9.44. The van der Waals surface area contributed by atoms with E-state index in [0.717, 1.165) is 31.2 Å². The molecule has 2 heterocycles. The number of pyridine rings is 1. The Morgan fingerprint density at radius 3 is 2.56 bits per heavy atom. The second kappa shape index (κ2) is 9.02. The number of nitrogens with one attached hydrogen (secondary N) is 1. The van der Waals surface area contributed by atoms with Gasteiger partial charge in [-0.1, -0.05) is 43.0 Å². The number of β-amino-alcohol motifs (C(OH)–C–C–N with tert-alkyl or cyclic N) is 1. The summed E-state index contributed by atoms with van der Waals surface area (Å²) in [6, 6.07) is 10.1. The quantitative estimate of drug-likeness (QED) is 0.593. The zero-order chi connectivity index (χ0) is 23.9. The van der Waals surface area contributed by atoms with E-state index in [9.17, 15) is 18.3 Å². The van der Waals surface area contributed by atoms with Gasteiger partial charge >= 0.3 is 0 Å². The number of sulfonamides is 1. The van der Waals surface area contributed by atoms with Crippen LogP contribution in [-0.2, 0) is 14.8 Å². The van der Waals surface area contributed by atoms with Crippen molar-refractivity contribution < 1.29 is 23.1 Å². The van der Waals surface area contributed by atoms with Gasteiger partial charge in [0.25, 0.3) is 15.9 Å². The first-order valence-corrected chi connectivity index (χ1v) is 13.6. The van der Waals surface area contributed by atoms with Crippen molar-refractivity contribution in [3.8, 4) is 5.75 Å². The summed E-state index contributed by atoms with van der Waals surface area (Å²) in [5, 5.41) is 9.76. The van der Waals surface area contributed by atoms with Crippen molar-refractivity contribution >= 4 is 33.3 Å². The highest BCUT2D eigenvalue weighted by Gasteiger charge is 2.54. The normalized spacial score (nSPS) is 20.5. The van der Waals surface area contributed by atoms with E-state index in [1.807, 2.05) is 12.1 Å². The zero-order valence-corrected chi connectivity index (χ0v) is 20.3. The van der Waals surface area contributed by atoms with Gasteiger partial charge in [0.2, 0.25) is 0 Å². The molecule has 1 aromatic heterocycles. The molecular weight excluding hydrogens is 478 g/mol. The molecule has 0 bridgehead atoms. The highest BCUT2D eigenvalue weighted by atomic mass is 35.5. The van der Waals surface area contributed by atoms with Crippen LogP contribution in [0, 0.1) is 0 Å². The molecule has 5 rings (SSSR count). The van der Waals surface area contributed by atoms with Crippen LogP contribution in [0.2, 0.25) is 5.02 Å². The fourth-order valence-corrected chi connectivity index (χ4v) is 5.85. The third kappa shape index (κ3) is 4.74. The molecule has 8 nitrogen and oxygen atoms in total. The highest BCUT2D eigenvalue weighted by Crippen LogP contribution is 2.45. The van der Waals surface area contributed by atoms with Crippen LogP contribution in [-0.4, -0.2) is 49.2 Å². The number of aromatic nitrogens is 1. The molecule has 0 radical (unpaired) electrons. The minimum Gasteiger partial charge on any atom is -0.477 e. The third-order valence-corrected chi connectivity index (χ3v) is 8.31. The summed E-state index contributed by atoms with van der Waals surface area (Å²) in [5.74, 6) is 0.638. The number of carbonyl (C=O) groups is 1. The van der Waals surface area contributed by atoms with Crippen molar-refractivity contribution in [1.29, 1.82) is 0 Å². The van der Waals surface area contributed by atoms with Gasteiger partial charge in [0.15, 0.2) is 10.6 Å². The van der Waals surface area contributed by atoms with Crippen molar-refractivity contribution in [2.24, 2.45) is 0 Å². The van der Waals surface area contributed by atoms with E-state index in [2.05, 4.69) is 9.71 Å². The van der Waals surface area contributed by atoms with Crippen molar-refractivity contribution in [2.75, 3.05) is 18.0 Å². The molecule has 1 aliphatic heterocycles. The SMILES string of the molecule is O=C(NS(=O)(=O)c1cccc(N2CC(O)C2)n1)C1(Oc2cc(Cl)ccc2C2CCCCC2)CC1. The molecule has 34 heavy (non-hydrogen) atoms. The number of benzene rings is 1. The van der Waals surface area contributed by atoms with Crippen LogP contribution in [0.5, 0.6) is 5.75 Å². The van der Waals surface area contributed by atoms with Crippen LogP contribution < -0.4 is 14.4 Å². The molecule has 182 valence electrons. The molecule has 2 N–H and O–H groups in total. The van der Waals surface area contributed by atoms with E-state index in [-0.39, 0.29) is 5.03 Å². The zero-order valence-electron chi connectivity index (χ0n) is 18.7. The number of halogens is 1. The number of amides is 1. The molecule has 3 fully saturated rings. The molecule has 2 saturated carbocycles. The molecule has 1 saturated heterocycles. The van der Waals surface area contributed by atoms with Crippen molar-refractivity contribution in [2.45, 2.75) is 67.6 Å². The molecule has 1 amide bonds. The van der Waals surface area contributed by atoms with Gasteiger partial charge in [-0.15, -0.1) is 0 Å². The number of aliphatic hydroxyl groups excluding tert-OH is 1. The summed E-state index contributed by atoms with van der Waals surface area (Å²) >= 11 is 6.23. The molecule has 0 unspecified atom stereocenters. The summed E-state index contributed by atoms with van der Waals surface area (Å²) in [4.78, 5) is 19.1. The average Bonchev–Trinajstić information content (AvgIpc) is 3.58. The van der Waals surface area contributed by atoms with Gasteiger partial charge in [0.05, 0.1) is 6.10 Å². The van der Waals surface area contributed by atoms with E-state index in [4.69, 9.17) is 16.3 Å². The number of rotatable bonds is 7. The Kier molecular flexibility index (Phi) is 6.20. The maximum atomic E-state index is 13.1. The molecule has 0 atom stereocenters. The summed E-state index contributed by atoms with van der Waals surface area (Å²) < 4.78 is 34.3. The summed E-state index contributed by atoms with van der Waals surface area (Å²) in [7, 11) is -4.19. The molecule has 10 heteroatoms. The van der Waals surface area contributed by atoms with Gasteiger partial charge in [-0.3, -0.25) is 4.79 Å². The predicted molar refractivity (Wildman–Crippen MR) is 128 cm³/mol. The Hall–Kier alpha value is -2.36. The van der Waals surface area contributed by atoms with Gasteiger partial charge in [-0.25, -0.2) is 9.71 Å². The van der Waals surface area contributed by atoms with Gasteiger partial charge < -0.3 is 14.7 Å².